The molecule has 0 aromatic heterocycles. The molecule has 0 N–H and O–H groups in total. The number of nitriles is 3. The van der Waals surface area contributed by atoms with Crippen molar-refractivity contribution in [1.29, 1.82) is 15.8 Å². The van der Waals surface area contributed by atoms with Crippen molar-refractivity contribution in [3.8, 4) is 73.8 Å². The predicted molar refractivity (Wildman–Crippen MR) is 226 cm³/mol. The minimum atomic E-state index is -0.801. The van der Waals surface area contributed by atoms with Crippen molar-refractivity contribution >= 4 is 5.69 Å². The van der Waals surface area contributed by atoms with Crippen LogP contribution in [0.1, 0.15) is 38.9 Å². The van der Waals surface area contributed by atoms with Gasteiger partial charge in [0, 0.05) is 0 Å². The summed E-state index contributed by atoms with van der Waals surface area (Å²) in [7, 11) is 0. The SMILES string of the molecule is [C-]#[N+]c1ccc(-c2cc(-c3ccc(C#N)cc3)cc(C3(c4cc(-c5ccc(C#N)cc5)cc(-c5ccc(C#N)cc5)c4)c4ccccc4-c4ccccc43)c2)cc1. The van der Waals surface area contributed by atoms with Crippen molar-refractivity contribution in [2.75, 3.05) is 0 Å². The fourth-order valence-corrected chi connectivity index (χ4v) is 8.32. The summed E-state index contributed by atoms with van der Waals surface area (Å²) in [6.07, 6.45) is 0. The van der Waals surface area contributed by atoms with Crippen LogP contribution in [0, 0.1) is 40.6 Å². The molecule has 57 heavy (non-hydrogen) atoms. The first-order chi connectivity index (χ1) is 28.0. The Bertz CT molecular complexity index is 2660. The van der Waals surface area contributed by atoms with Crippen LogP contribution in [0.25, 0.3) is 60.5 Å². The van der Waals surface area contributed by atoms with Gasteiger partial charge in [0.25, 0.3) is 0 Å². The van der Waals surface area contributed by atoms with Crippen LogP contribution >= 0.6 is 0 Å². The molecule has 4 nitrogen and oxygen atoms in total. The lowest BCUT2D eigenvalue weighted by atomic mass is 9.66. The van der Waals surface area contributed by atoms with E-state index in [-0.39, 0.29) is 0 Å². The summed E-state index contributed by atoms with van der Waals surface area (Å²) in [6.45, 7) is 7.58. The van der Waals surface area contributed by atoms with Crippen LogP contribution in [0.3, 0.4) is 0 Å². The maximum atomic E-state index is 9.63. The van der Waals surface area contributed by atoms with Gasteiger partial charge in [-0.15, -0.1) is 0 Å². The van der Waals surface area contributed by atoms with Crippen LogP contribution in [0.5, 0.6) is 0 Å². The molecule has 0 heterocycles. The van der Waals surface area contributed by atoms with Crippen molar-refractivity contribution < 1.29 is 0 Å². The molecule has 0 fully saturated rings. The highest BCUT2D eigenvalue weighted by molar-refractivity contribution is 5.89. The van der Waals surface area contributed by atoms with E-state index >= 15 is 0 Å². The highest BCUT2D eigenvalue weighted by atomic mass is 14.6. The molecule has 0 atom stereocenters. The van der Waals surface area contributed by atoms with Crippen LogP contribution in [0.15, 0.2) is 182 Å². The lowest BCUT2D eigenvalue weighted by molar-refractivity contribution is 0.770. The highest BCUT2D eigenvalue weighted by Crippen LogP contribution is 2.57. The van der Waals surface area contributed by atoms with Crippen molar-refractivity contribution in [3.63, 3.8) is 0 Å². The van der Waals surface area contributed by atoms with Crippen molar-refractivity contribution in [2.45, 2.75) is 5.41 Å². The molecule has 4 heteroatoms. The fraction of sp³-hybridized carbons (Fsp3) is 0.0189. The molecule has 1 aliphatic carbocycles. The van der Waals surface area contributed by atoms with Crippen molar-refractivity contribution in [2.24, 2.45) is 0 Å². The van der Waals surface area contributed by atoms with Crippen LogP contribution in [0.2, 0.25) is 0 Å². The smallest absolute Gasteiger partial charge is 0.187 e. The summed E-state index contributed by atoms with van der Waals surface area (Å²) in [6, 6.07) is 68.4. The van der Waals surface area contributed by atoms with Gasteiger partial charge >= 0.3 is 0 Å². The van der Waals surface area contributed by atoms with Gasteiger partial charge in [0.15, 0.2) is 5.69 Å². The molecular weight excluding hydrogens is 693 g/mol. The lowest BCUT2D eigenvalue weighted by Crippen LogP contribution is -2.29. The summed E-state index contributed by atoms with van der Waals surface area (Å²) in [4.78, 5) is 3.65. The van der Waals surface area contributed by atoms with E-state index in [0.29, 0.717) is 22.4 Å². The first-order valence-electron chi connectivity index (χ1n) is 18.5. The molecule has 9 rings (SSSR count). The second-order valence-corrected chi connectivity index (χ2v) is 14.2. The maximum absolute atomic E-state index is 9.63. The Kier molecular flexibility index (Phi) is 8.58. The Morgan fingerprint density at radius 1 is 0.368 bits per heavy atom. The van der Waals surface area contributed by atoms with Gasteiger partial charge in [0.2, 0.25) is 0 Å². The number of hydrogen-bond donors (Lipinski definition) is 0. The average molecular weight is 723 g/mol. The Morgan fingerprint density at radius 2 is 0.684 bits per heavy atom. The molecule has 0 unspecified atom stereocenters. The second-order valence-electron chi connectivity index (χ2n) is 14.2. The molecule has 8 aromatic rings. The van der Waals surface area contributed by atoms with Gasteiger partial charge < -0.3 is 0 Å². The first-order valence-corrected chi connectivity index (χ1v) is 18.5. The summed E-state index contributed by atoms with van der Waals surface area (Å²) in [5.41, 5.74) is 16.2. The molecule has 0 bridgehead atoms. The van der Waals surface area contributed by atoms with Gasteiger partial charge in [-0.1, -0.05) is 109 Å². The average Bonchev–Trinajstić information content (AvgIpc) is 3.60. The normalized spacial score (nSPS) is 11.9. The zero-order chi connectivity index (χ0) is 38.9. The maximum Gasteiger partial charge on any atom is 0.187 e. The van der Waals surface area contributed by atoms with Gasteiger partial charge in [-0.25, -0.2) is 4.85 Å². The van der Waals surface area contributed by atoms with Gasteiger partial charge in [0.1, 0.15) is 0 Å². The van der Waals surface area contributed by atoms with E-state index in [4.69, 9.17) is 6.57 Å². The Morgan fingerprint density at radius 3 is 1.00 bits per heavy atom. The van der Waals surface area contributed by atoms with E-state index in [1.807, 2.05) is 97.1 Å². The van der Waals surface area contributed by atoms with E-state index in [1.54, 1.807) is 0 Å². The zero-order valence-electron chi connectivity index (χ0n) is 30.6. The van der Waals surface area contributed by atoms with Gasteiger partial charge in [-0.2, -0.15) is 15.8 Å². The molecule has 0 saturated carbocycles. The molecule has 0 radical (unpaired) electrons. The van der Waals surface area contributed by atoms with Crippen LogP contribution in [-0.4, -0.2) is 0 Å². The molecule has 1 aliphatic rings. The molecular formula is C53H30N4. The molecule has 0 aliphatic heterocycles. The van der Waals surface area contributed by atoms with Crippen LogP contribution in [0.4, 0.5) is 5.69 Å². The highest BCUT2D eigenvalue weighted by Gasteiger charge is 2.46. The zero-order valence-corrected chi connectivity index (χ0v) is 30.6. The number of rotatable bonds is 6. The Labute approximate surface area is 331 Å². The van der Waals surface area contributed by atoms with E-state index in [0.717, 1.165) is 77.9 Å². The minimum Gasteiger partial charge on any atom is -0.238 e. The van der Waals surface area contributed by atoms with Gasteiger partial charge in [-0.3, -0.25) is 0 Å². The quantitative estimate of drug-likeness (QED) is 0.160. The third-order valence-corrected chi connectivity index (χ3v) is 11.1. The Hall–Kier alpha value is -8.28. The monoisotopic (exact) mass is 722 g/mol. The van der Waals surface area contributed by atoms with Crippen LogP contribution in [-0.2, 0) is 5.41 Å². The molecule has 0 saturated heterocycles. The summed E-state index contributed by atoms with van der Waals surface area (Å²) in [5, 5.41) is 28.9. The van der Waals surface area contributed by atoms with Crippen LogP contribution < -0.4 is 0 Å². The fourth-order valence-electron chi connectivity index (χ4n) is 8.32. The van der Waals surface area contributed by atoms with E-state index in [1.165, 1.54) is 0 Å². The number of benzene rings is 8. The third kappa shape index (κ3) is 5.93. The molecule has 262 valence electrons. The molecule has 0 spiro atoms. The number of hydrogen-bond acceptors (Lipinski definition) is 3. The number of nitrogens with zero attached hydrogens (tertiary/aromatic N) is 4. The van der Waals surface area contributed by atoms with Gasteiger partial charge in [0.05, 0.1) is 46.9 Å². The largest absolute Gasteiger partial charge is 0.238 e. The second kappa shape index (κ2) is 14.2. The first kappa shape index (κ1) is 34.5. The Balaban J connectivity index is 1.41. The third-order valence-electron chi connectivity index (χ3n) is 11.1. The van der Waals surface area contributed by atoms with E-state index < -0.39 is 5.41 Å². The van der Waals surface area contributed by atoms with Crippen molar-refractivity contribution in [1.82, 2.24) is 0 Å². The summed E-state index contributed by atoms with van der Waals surface area (Å²) < 4.78 is 0. The molecule has 8 aromatic carbocycles. The summed E-state index contributed by atoms with van der Waals surface area (Å²) >= 11 is 0. The predicted octanol–water partition coefficient (Wildman–Crippen LogP) is 12.9. The minimum absolute atomic E-state index is 0.576. The van der Waals surface area contributed by atoms with E-state index in [2.05, 4.69) is 108 Å². The standard InChI is InChI=1S/C53H30N4/c1-57-48-24-22-41(23-25-48)45-27-44(40-20-14-37(34-56)15-21-40)30-47(31-45)53(51-8-4-2-6-49(51)50-7-3-5-9-52(50)53)46-28-42(38-16-10-35(32-54)11-17-38)26-43(29-46)39-18-12-36(33-55)13-19-39/h2-31H. The van der Waals surface area contributed by atoms with Gasteiger partial charge in [-0.05, 0) is 151 Å². The summed E-state index contributed by atoms with van der Waals surface area (Å²) in [5.74, 6) is 0. The number of fused-ring (bicyclic) bond motifs is 3. The lowest BCUT2D eigenvalue weighted by Gasteiger charge is -2.35. The van der Waals surface area contributed by atoms with E-state index in [9.17, 15) is 15.8 Å². The topological polar surface area (TPSA) is 75.7 Å². The molecule has 0 amide bonds. The van der Waals surface area contributed by atoms with Crippen molar-refractivity contribution in [3.05, 3.63) is 232 Å².